The molecular weight excluding hydrogens is 336 g/mol. The summed E-state index contributed by atoms with van der Waals surface area (Å²) in [6, 6.07) is 14.7. The molecule has 2 aromatic carbocycles. The fourth-order valence-electron chi connectivity index (χ4n) is 2.89. The van der Waals surface area contributed by atoms with Crippen molar-refractivity contribution in [2.45, 2.75) is 26.8 Å². The number of amides is 1. The first-order chi connectivity index (χ1) is 12.0. The number of nitrogens with zero attached hydrogens (tertiary/aromatic N) is 1. The Morgan fingerprint density at radius 3 is 2.64 bits per heavy atom. The summed E-state index contributed by atoms with van der Waals surface area (Å²) in [6.07, 6.45) is 0.207. The molecule has 0 saturated heterocycles. The fourth-order valence-corrected chi connectivity index (χ4v) is 3.06. The summed E-state index contributed by atoms with van der Waals surface area (Å²) in [7, 11) is 0. The number of hydrogen-bond donors (Lipinski definition) is 1. The van der Waals surface area contributed by atoms with Crippen LogP contribution in [0.15, 0.2) is 53.3 Å². The first-order valence-corrected chi connectivity index (χ1v) is 8.48. The molecule has 0 fully saturated rings. The van der Waals surface area contributed by atoms with Gasteiger partial charge in [-0.3, -0.25) is 9.59 Å². The van der Waals surface area contributed by atoms with Gasteiger partial charge >= 0.3 is 0 Å². The minimum Gasteiger partial charge on any atom is -0.326 e. The molecule has 3 aromatic rings. The number of aryl methyl sites for hydroxylation is 3. The molecule has 5 heteroatoms. The number of carbonyl (C=O) groups is 1. The quantitative estimate of drug-likeness (QED) is 0.759. The topological polar surface area (TPSA) is 51.1 Å². The number of para-hydroxylation sites is 1. The number of fused-ring (bicyclic) bond motifs is 1. The van der Waals surface area contributed by atoms with Crippen molar-refractivity contribution in [1.82, 2.24) is 4.57 Å². The highest BCUT2D eigenvalue weighted by Gasteiger charge is 2.09. The van der Waals surface area contributed by atoms with E-state index in [1.165, 1.54) is 0 Å². The maximum Gasteiger partial charge on any atom is 0.251 e. The predicted octanol–water partition coefficient (Wildman–Crippen LogP) is 4.30. The van der Waals surface area contributed by atoms with Crippen LogP contribution in [0, 0.1) is 13.8 Å². The van der Waals surface area contributed by atoms with Gasteiger partial charge in [-0.25, -0.2) is 0 Å². The van der Waals surface area contributed by atoms with E-state index in [0.717, 1.165) is 22.0 Å². The Kier molecular flexibility index (Phi) is 4.91. The first kappa shape index (κ1) is 17.2. The van der Waals surface area contributed by atoms with Gasteiger partial charge in [0.15, 0.2) is 0 Å². The number of anilines is 1. The lowest BCUT2D eigenvalue weighted by Crippen LogP contribution is -2.23. The molecule has 4 nitrogen and oxygen atoms in total. The monoisotopic (exact) mass is 354 g/mol. The lowest BCUT2D eigenvalue weighted by molar-refractivity contribution is -0.116. The number of halogens is 1. The van der Waals surface area contributed by atoms with Gasteiger partial charge in [0, 0.05) is 35.1 Å². The summed E-state index contributed by atoms with van der Waals surface area (Å²) in [5, 5.41) is 4.45. The van der Waals surface area contributed by atoms with Crippen molar-refractivity contribution in [2.75, 3.05) is 5.32 Å². The molecule has 128 valence electrons. The molecule has 1 amide bonds. The smallest absolute Gasteiger partial charge is 0.251 e. The molecule has 0 bridgehead atoms. The molecule has 0 radical (unpaired) electrons. The lowest BCUT2D eigenvalue weighted by Gasteiger charge is -2.13. The van der Waals surface area contributed by atoms with E-state index in [2.05, 4.69) is 5.32 Å². The number of rotatable bonds is 4. The molecule has 1 N–H and O–H groups in total. The second-order valence-corrected chi connectivity index (χ2v) is 6.53. The predicted molar refractivity (Wildman–Crippen MR) is 102 cm³/mol. The molecule has 25 heavy (non-hydrogen) atoms. The third-order valence-corrected chi connectivity index (χ3v) is 4.50. The highest BCUT2D eigenvalue weighted by atomic mass is 35.5. The van der Waals surface area contributed by atoms with Gasteiger partial charge in [-0.2, -0.15) is 0 Å². The van der Waals surface area contributed by atoms with E-state index < -0.39 is 0 Å². The van der Waals surface area contributed by atoms with E-state index in [0.29, 0.717) is 17.3 Å². The van der Waals surface area contributed by atoms with Gasteiger partial charge in [0.2, 0.25) is 5.91 Å². The van der Waals surface area contributed by atoms with Gasteiger partial charge in [0.25, 0.3) is 5.56 Å². The first-order valence-electron chi connectivity index (χ1n) is 8.11. The van der Waals surface area contributed by atoms with E-state index in [4.69, 9.17) is 11.6 Å². The Morgan fingerprint density at radius 2 is 1.84 bits per heavy atom. The van der Waals surface area contributed by atoms with E-state index in [1.807, 2.05) is 44.2 Å². The number of carbonyl (C=O) groups excluding carboxylic acids is 1. The van der Waals surface area contributed by atoms with Crippen molar-refractivity contribution >= 4 is 34.1 Å². The largest absolute Gasteiger partial charge is 0.326 e. The Bertz CT molecular complexity index is 1010. The zero-order chi connectivity index (χ0) is 18.0. The summed E-state index contributed by atoms with van der Waals surface area (Å²) in [5.41, 5.74) is 3.33. The lowest BCUT2D eigenvalue weighted by atomic mass is 10.1. The van der Waals surface area contributed by atoms with E-state index >= 15 is 0 Å². The fraction of sp³-hybridized carbons (Fsp3) is 0.200. The average molecular weight is 355 g/mol. The second kappa shape index (κ2) is 7.11. The van der Waals surface area contributed by atoms with Crippen LogP contribution in [-0.2, 0) is 11.3 Å². The molecular formula is C20H19ClN2O2. The molecule has 1 aromatic heterocycles. The Balaban J connectivity index is 1.80. The minimum absolute atomic E-state index is 0.0945. The van der Waals surface area contributed by atoms with E-state index in [9.17, 15) is 9.59 Å². The molecule has 0 aliphatic rings. The van der Waals surface area contributed by atoms with Crippen molar-refractivity contribution in [2.24, 2.45) is 0 Å². The van der Waals surface area contributed by atoms with Gasteiger partial charge < -0.3 is 9.88 Å². The summed E-state index contributed by atoms with van der Waals surface area (Å²) in [4.78, 5) is 24.6. The average Bonchev–Trinajstić information content (AvgIpc) is 2.58. The number of pyridine rings is 1. The molecule has 0 spiro atoms. The summed E-state index contributed by atoms with van der Waals surface area (Å²) < 4.78 is 1.65. The molecule has 0 aliphatic carbocycles. The van der Waals surface area contributed by atoms with Crippen LogP contribution in [0.1, 0.15) is 17.5 Å². The Morgan fingerprint density at radius 1 is 1.08 bits per heavy atom. The van der Waals surface area contributed by atoms with Gasteiger partial charge in [-0.15, -0.1) is 0 Å². The van der Waals surface area contributed by atoms with Gasteiger partial charge in [-0.05, 0) is 43.2 Å². The molecule has 3 rings (SSSR count). The van der Waals surface area contributed by atoms with Crippen LogP contribution in [0.4, 0.5) is 5.69 Å². The third-order valence-electron chi connectivity index (χ3n) is 4.26. The van der Waals surface area contributed by atoms with Crippen LogP contribution in [0.3, 0.4) is 0 Å². The molecule has 0 atom stereocenters. The second-order valence-electron chi connectivity index (χ2n) is 6.09. The van der Waals surface area contributed by atoms with Crippen LogP contribution >= 0.6 is 11.6 Å². The minimum atomic E-state index is -0.151. The van der Waals surface area contributed by atoms with Crippen LogP contribution in [0.2, 0.25) is 5.02 Å². The Hall–Kier alpha value is -2.59. The highest BCUT2D eigenvalue weighted by Crippen LogP contribution is 2.20. The normalized spacial score (nSPS) is 10.8. The van der Waals surface area contributed by atoms with E-state index in [-0.39, 0.29) is 17.9 Å². The maximum absolute atomic E-state index is 12.3. The number of aromatic nitrogens is 1. The van der Waals surface area contributed by atoms with Crippen LogP contribution in [0.25, 0.3) is 10.9 Å². The third kappa shape index (κ3) is 3.74. The summed E-state index contributed by atoms with van der Waals surface area (Å²) in [6.45, 7) is 4.15. The SMILES string of the molecule is Cc1ccc(Cl)cc1NC(=O)CCn1c(=O)cc(C)c2ccccc21. The zero-order valence-electron chi connectivity index (χ0n) is 14.2. The van der Waals surface area contributed by atoms with Gasteiger partial charge in [0.05, 0.1) is 5.52 Å². The van der Waals surface area contributed by atoms with Crippen molar-refractivity contribution in [3.8, 4) is 0 Å². The van der Waals surface area contributed by atoms with Crippen molar-refractivity contribution in [3.05, 3.63) is 75.0 Å². The van der Waals surface area contributed by atoms with Crippen molar-refractivity contribution in [3.63, 3.8) is 0 Å². The molecule has 1 heterocycles. The number of nitrogens with one attached hydrogen (secondary N) is 1. The molecule has 0 saturated carbocycles. The van der Waals surface area contributed by atoms with Gasteiger partial charge in [-0.1, -0.05) is 35.9 Å². The van der Waals surface area contributed by atoms with Crippen LogP contribution in [0.5, 0.6) is 0 Å². The van der Waals surface area contributed by atoms with Crippen molar-refractivity contribution in [1.29, 1.82) is 0 Å². The van der Waals surface area contributed by atoms with Gasteiger partial charge in [0.1, 0.15) is 0 Å². The van der Waals surface area contributed by atoms with Crippen molar-refractivity contribution < 1.29 is 4.79 Å². The maximum atomic E-state index is 12.3. The number of hydrogen-bond acceptors (Lipinski definition) is 2. The Labute approximate surface area is 151 Å². The highest BCUT2D eigenvalue weighted by molar-refractivity contribution is 6.31. The zero-order valence-corrected chi connectivity index (χ0v) is 14.9. The standard InChI is InChI=1S/C20H19ClN2O2/c1-13-7-8-15(21)12-17(13)22-19(24)9-10-23-18-6-4-3-5-16(18)14(2)11-20(23)25/h3-8,11-12H,9-10H2,1-2H3,(H,22,24). The molecule has 0 aliphatic heterocycles. The molecule has 0 unspecified atom stereocenters. The van der Waals surface area contributed by atoms with Crippen LogP contribution < -0.4 is 10.9 Å². The summed E-state index contributed by atoms with van der Waals surface area (Å²) >= 11 is 5.98. The summed E-state index contributed by atoms with van der Waals surface area (Å²) in [5.74, 6) is -0.151. The number of benzene rings is 2. The van der Waals surface area contributed by atoms with E-state index in [1.54, 1.807) is 22.8 Å². The van der Waals surface area contributed by atoms with Crippen LogP contribution in [-0.4, -0.2) is 10.5 Å².